The Morgan fingerprint density at radius 3 is 2.06 bits per heavy atom. The molecule has 2 aromatic rings. The summed E-state index contributed by atoms with van der Waals surface area (Å²) in [5.74, 6) is -1.98. The van der Waals surface area contributed by atoms with Gasteiger partial charge in [-0.3, -0.25) is 4.79 Å². The van der Waals surface area contributed by atoms with E-state index in [1.165, 1.54) is 0 Å². The topological polar surface area (TPSA) is 105 Å². The molecule has 176 valence electrons. The molecule has 2 amide bonds. The van der Waals surface area contributed by atoms with E-state index in [4.69, 9.17) is 4.74 Å². The number of aliphatic carboxylic acids is 1. The lowest BCUT2D eigenvalue weighted by molar-refractivity contribution is -0.143. The lowest BCUT2D eigenvalue weighted by Gasteiger charge is -2.23. The number of unbranched alkanes of at least 4 members (excludes halogenated alkanes) is 1. The maximum atomic E-state index is 12.7. The van der Waals surface area contributed by atoms with Crippen molar-refractivity contribution in [2.45, 2.75) is 58.0 Å². The van der Waals surface area contributed by atoms with Crippen molar-refractivity contribution in [3.63, 3.8) is 0 Å². The molecule has 0 saturated carbocycles. The summed E-state index contributed by atoms with van der Waals surface area (Å²) in [6.45, 7) is 5.57. The van der Waals surface area contributed by atoms with Gasteiger partial charge in [0.15, 0.2) is 0 Å². The lowest BCUT2D eigenvalue weighted by atomic mass is 9.98. The van der Waals surface area contributed by atoms with Crippen molar-refractivity contribution in [2.24, 2.45) is 5.92 Å². The van der Waals surface area contributed by atoms with Gasteiger partial charge >= 0.3 is 12.1 Å². The zero-order valence-corrected chi connectivity index (χ0v) is 19.3. The molecule has 2 atom stereocenters. The Hall–Kier alpha value is -3.35. The van der Waals surface area contributed by atoms with Gasteiger partial charge in [-0.15, -0.1) is 0 Å². The number of hydrogen-bond acceptors (Lipinski definition) is 4. The molecule has 7 nitrogen and oxygen atoms in total. The molecule has 3 rings (SSSR count). The molecule has 3 N–H and O–H groups in total. The van der Waals surface area contributed by atoms with Crippen LogP contribution >= 0.6 is 0 Å². The number of amides is 2. The number of nitrogens with one attached hydrogen (secondary N) is 2. The number of benzene rings is 2. The van der Waals surface area contributed by atoms with Crippen LogP contribution in [0.3, 0.4) is 0 Å². The van der Waals surface area contributed by atoms with Gasteiger partial charge in [0.1, 0.15) is 18.7 Å². The molecule has 0 bridgehead atoms. The number of rotatable bonds is 10. The minimum atomic E-state index is -1.10. The average Bonchev–Trinajstić information content (AvgIpc) is 3.12. The fraction of sp³-hybridized carbons (Fsp3) is 0.423. The van der Waals surface area contributed by atoms with Crippen LogP contribution in [0.25, 0.3) is 11.1 Å². The van der Waals surface area contributed by atoms with E-state index in [-0.39, 0.29) is 18.4 Å². The van der Waals surface area contributed by atoms with E-state index in [1.807, 2.05) is 43.3 Å². The molecule has 0 aliphatic heterocycles. The number of carbonyl (C=O) groups excluding carboxylic acids is 2. The third-order valence-corrected chi connectivity index (χ3v) is 6.03. The van der Waals surface area contributed by atoms with E-state index in [9.17, 15) is 19.5 Å². The van der Waals surface area contributed by atoms with Crippen LogP contribution < -0.4 is 10.6 Å². The summed E-state index contributed by atoms with van der Waals surface area (Å²) in [4.78, 5) is 36.8. The first-order valence-corrected chi connectivity index (χ1v) is 11.5. The van der Waals surface area contributed by atoms with Crippen LogP contribution in [-0.4, -0.2) is 41.8 Å². The van der Waals surface area contributed by atoms with Crippen LogP contribution in [0.2, 0.25) is 0 Å². The van der Waals surface area contributed by atoms with Crippen LogP contribution in [-0.2, 0) is 14.3 Å². The number of hydrogen-bond donors (Lipinski definition) is 3. The summed E-state index contributed by atoms with van der Waals surface area (Å²) in [5.41, 5.74) is 4.48. The van der Waals surface area contributed by atoms with Gasteiger partial charge in [-0.1, -0.05) is 82.1 Å². The van der Waals surface area contributed by atoms with Gasteiger partial charge in [-0.05, 0) is 34.6 Å². The highest BCUT2D eigenvalue weighted by Crippen LogP contribution is 2.44. The number of carbonyl (C=O) groups is 3. The number of fused-ring (bicyclic) bond motifs is 3. The van der Waals surface area contributed by atoms with E-state index in [2.05, 4.69) is 22.8 Å². The third-order valence-electron chi connectivity index (χ3n) is 6.03. The Bertz CT molecular complexity index is 958. The maximum absolute atomic E-state index is 12.7. The normalized spacial score (nSPS) is 14.2. The van der Waals surface area contributed by atoms with Crippen molar-refractivity contribution in [2.75, 3.05) is 6.61 Å². The maximum Gasteiger partial charge on any atom is 0.407 e. The second-order valence-corrected chi connectivity index (χ2v) is 8.73. The summed E-state index contributed by atoms with van der Waals surface area (Å²) in [6, 6.07) is 14.2. The second kappa shape index (κ2) is 11.0. The highest BCUT2D eigenvalue weighted by atomic mass is 16.5. The molecule has 0 spiro atoms. The fourth-order valence-electron chi connectivity index (χ4n) is 4.23. The van der Waals surface area contributed by atoms with Gasteiger partial charge in [0.05, 0.1) is 0 Å². The molecule has 0 fully saturated rings. The Morgan fingerprint density at radius 1 is 0.970 bits per heavy atom. The first kappa shape index (κ1) is 24.3. The highest BCUT2D eigenvalue weighted by molar-refractivity contribution is 5.89. The molecular formula is C26H32N2O5. The van der Waals surface area contributed by atoms with Gasteiger partial charge in [-0.25, -0.2) is 9.59 Å². The molecule has 0 radical (unpaired) electrons. The molecular weight excluding hydrogens is 420 g/mol. The Morgan fingerprint density at radius 2 is 1.55 bits per heavy atom. The number of ether oxygens (including phenoxy) is 1. The highest BCUT2D eigenvalue weighted by Gasteiger charge is 2.31. The van der Waals surface area contributed by atoms with E-state index < -0.39 is 30.1 Å². The molecule has 0 saturated heterocycles. The Balaban J connectivity index is 1.66. The van der Waals surface area contributed by atoms with Gasteiger partial charge in [0.2, 0.25) is 5.91 Å². The molecule has 2 aromatic carbocycles. The van der Waals surface area contributed by atoms with E-state index in [0.717, 1.165) is 28.7 Å². The number of carboxylic acids is 1. The summed E-state index contributed by atoms with van der Waals surface area (Å²) in [5, 5.41) is 14.6. The lowest BCUT2D eigenvalue weighted by Crippen LogP contribution is -2.53. The van der Waals surface area contributed by atoms with Crippen molar-refractivity contribution < 1.29 is 24.2 Å². The first-order chi connectivity index (χ1) is 15.8. The molecule has 1 aliphatic carbocycles. The van der Waals surface area contributed by atoms with Crippen molar-refractivity contribution in [3.05, 3.63) is 59.7 Å². The van der Waals surface area contributed by atoms with Crippen LogP contribution in [0.1, 0.15) is 57.1 Å². The monoisotopic (exact) mass is 452 g/mol. The molecule has 1 aliphatic rings. The Kier molecular flexibility index (Phi) is 8.09. The van der Waals surface area contributed by atoms with Crippen LogP contribution in [0.4, 0.5) is 4.79 Å². The summed E-state index contributed by atoms with van der Waals surface area (Å²) < 4.78 is 5.55. The van der Waals surface area contributed by atoms with E-state index in [1.54, 1.807) is 13.8 Å². The van der Waals surface area contributed by atoms with E-state index in [0.29, 0.717) is 12.8 Å². The zero-order chi connectivity index (χ0) is 24.0. The van der Waals surface area contributed by atoms with E-state index >= 15 is 0 Å². The minimum Gasteiger partial charge on any atom is -0.480 e. The summed E-state index contributed by atoms with van der Waals surface area (Å²) >= 11 is 0. The fourth-order valence-corrected chi connectivity index (χ4v) is 4.23. The predicted molar refractivity (Wildman–Crippen MR) is 126 cm³/mol. The smallest absolute Gasteiger partial charge is 0.407 e. The predicted octanol–water partition coefficient (Wildman–Crippen LogP) is 4.31. The Labute approximate surface area is 194 Å². The van der Waals surface area contributed by atoms with Crippen molar-refractivity contribution in [1.29, 1.82) is 0 Å². The van der Waals surface area contributed by atoms with Gasteiger partial charge in [0, 0.05) is 5.92 Å². The van der Waals surface area contributed by atoms with Crippen LogP contribution in [0.5, 0.6) is 0 Å². The minimum absolute atomic E-state index is 0.0802. The quantitative estimate of drug-likeness (QED) is 0.498. The molecule has 0 heterocycles. The van der Waals surface area contributed by atoms with Gasteiger partial charge < -0.3 is 20.5 Å². The molecule has 7 heteroatoms. The van der Waals surface area contributed by atoms with Crippen molar-refractivity contribution in [1.82, 2.24) is 10.6 Å². The molecule has 33 heavy (non-hydrogen) atoms. The van der Waals surface area contributed by atoms with Crippen LogP contribution in [0, 0.1) is 5.92 Å². The van der Waals surface area contributed by atoms with Crippen molar-refractivity contribution in [3.8, 4) is 11.1 Å². The third kappa shape index (κ3) is 5.72. The largest absolute Gasteiger partial charge is 0.480 e. The molecule has 1 unspecified atom stereocenters. The first-order valence-electron chi connectivity index (χ1n) is 11.5. The van der Waals surface area contributed by atoms with Crippen molar-refractivity contribution >= 4 is 18.0 Å². The number of alkyl carbamates (subject to hydrolysis) is 1. The summed E-state index contributed by atoms with van der Waals surface area (Å²) in [6.07, 6.45) is 1.26. The van der Waals surface area contributed by atoms with Crippen LogP contribution in [0.15, 0.2) is 48.5 Å². The standard InChI is InChI=1S/C26H32N2O5/c1-4-5-14-22(24(29)28-23(16(2)3)25(30)31)27-26(32)33-15-21-19-12-8-6-10-17(19)18-11-7-9-13-20(18)21/h6-13,16,21-23H,4-5,14-15H2,1-3H3,(H,27,32)(H,28,29)(H,30,31)/t22?,23-/m0/s1. The SMILES string of the molecule is CCCCC(NC(=O)OCC1c2ccccc2-c2ccccc21)C(=O)N[C@H](C(=O)O)C(C)C. The number of carboxylic acid groups (broad SMARTS) is 1. The molecule has 0 aromatic heterocycles. The average molecular weight is 453 g/mol. The second-order valence-electron chi connectivity index (χ2n) is 8.73. The summed E-state index contributed by atoms with van der Waals surface area (Å²) in [7, 11) is 0. The van der Waals surface area contributed by atoms with Gasteiger partial charge in [0.25, 0.3) is 0 Å². The van der Waals surface area contributed by atoms with Gasteiger partial charge in [-0.2, -0.15) is 0 Å². The zero-order valence-electron chi connectivity index (χ0n) is 19.3.